The third kappa shape index (κ3) is 6.20. The van der Waals surface area contributed by atoms with Gasteiger partial charge in [-0.2, -0.15) is 0 Å². The summed E-state index contributed by atoms with van der Waals surface area (Å²) in [7, 11) is 4.73. The maximum absolute atomic E-state index is 12.4. The molecule has 1 saturated heterocycles. The number of carbonyl (C=O) groups is 2. The molecular formula is C24H35NO7. The minimum absolute atomic E-state index is 0.0254. The third-order valence-corrected chi connectivity index (χ3v) is 6.18. The Balaban J connectivity index is 1.40. The van der Waals surface area contributed by atoms with E-state index in [1.807, 2.05) is 12.1 Å². The molecule has 1 aliphatic heterocycles. The molecule has 8 nitrogen and oxygen atoms in total. The maximum atomic E-state index is 12.4. The molecule has 1 aromatic carbocycles. The van der Waals surface area contributed by atoms with Crippen molar-refractivity contribution in [2.24, 2.45) is 5.92 Å². The van der Waals surface area contributed by atoms with Crippen molar-refractivity contribution in [2.45, 2.75) is 57.5 Å². The van der Waals surface area contributed by atoms with Gasteiger partial charge in [0, 0.05) is 13.1 Å². The fourth-order valence-electron chi connectivity index (χ4n) is 4.37. The molecule has 0 bridgehead atoms. The van der Waals surface area contributed by atoms with Gasteiger partial charge in [0.25, 0.3) is 0 Å². The van der Waals surface area contributed by atoms with E-state index in [1.54, 1.807) is 26.2 Å². The molecule has 178 valence electrons. The topological polar surface area (TPSA) is 83.5 Å². The standard InChI is InChI=1S/C24H35NO7/c1-28-20-14-17(15-21(29-2)22(20)30-3)8-7-13-31-23(26)18-11-12-25(16-18)24(27)32-19-9-5-4-6-10-19/h14-15,18-19H,4-13,16H2,1-3H3/t18-/m1/s1. The SMILES string of the molecule is COc1cc(CCCOC(=O)[C@@H]2CCN(C(=O)OC3CCCCC3)C2)cc(OC)c1OC. The van der Waals surface area contributed by atoms with E-state index in [0.29, 0.717) is 56.2 Å². The molecular weight excluding hydrogens is 414 g/mol. The van der Waals surface area contributed by atoms with Crippen LogP contribution in [0.25, 0.3) is 0 Å². The Morgan fingerprint density at radius 1 is 0.969 bits per heavy atom. The van der Waals surface area contributed by atoms with E-state index >= 15 is 0 Å². The lowest BCUT2D eigenvalue weighted by Crippen LogP contribution is -2.34. The number of rotatable bonds is 9. The predicted molar refractivity (Wildman–Crippen MR) is 118 cm³/mol. The molecule has 1 heterocycles. The Morgan fingerprint density at radius 2 is 1.66 bits per heavy atom. The van der Waals surface area contributed by atoms with Crippen molar-refractivity contribution in [2.75, 3.05) is 41.0 Å². The summed E-state index contributed by atoms with van der Waals surface area (Å²) < 4.78 is 27.2. The van der Waals surface area contributed by atoms with Crippen molar-refractivity contribution in [3.8, 4) is 17.2 Å². The number of aryl methyl sites for hydroxylation is 1. The van der Waals surface area contributed by atoms with E-state index < -0.39 is 0 Å². The van der Waals surface area contributed by atoms with Crippen molar-refractivity contribution in [3.63, 3.8) is 0 Å². The van der Waals surface area contributed by atoms with E-state index in [1.165, 1.54) is 6.42 Å². The zero-order valence-electron chi connectivity index (χ0n) is 19.4. The van der Waals surface area contributed by atoms with Gasteiger partial charge < -0.3 is 28.6 Å². The molecule has 8 heteroatoms. The van der Waals surface area contributed by atoms with Crippen molar-refractivity contribution in [1.82, 2.24) is 4.90 Å². The van der Waals surface area contributed by atoms with E-state index in [-0.39, 0.29) is 24.1 Å². The van der Waals surface area contributed by atoms with E-state index in [9.17, 15) is 9.59 Å². The molecule has 0 unspecified atom stereocenters. The second-order valence-corrected chi connectivity index (χ2v) is 8.38. The van der Waals surface area contributed by atoms with Crippen LogP contribution in [-0.4, -0.2) is 64.1 Å². The first kappa shape index (κ1) is 24.0. The second-order valence-electron chi connectivity index (χ2n) is 8.38. The summed E-state index contributed by atoms with van der Waals surface area (Å²) in [6, 6.07) is 3.80. The zero-order chi connectivity index (χ0) is 22.9. The average Bonchev–Trinajstić information content (AvgIpc) is 3.32. The highest BCUT2D eigenvalue weighted by Crippen LogP contribution is 2.38. The number of carbonyl (C=O) groups excluding carboxylic acids is 2. The Hall–Kier alpha value is -2.64. The van der Waals surface area contributed by atoms with Crippen molar-refractivity contribution >= 4 is 12.1 Å². The first-order valence-electron chi connectivity index (χ1n) is 11.5. The summed E-state index contributed by atoms with van der Waals surface area (Å²) >= 11 is 0. The fourth-order valence-corrected chi connectivity index (χ4v) is 4.37. The summed E-state index contributed by atoms with van der Waals surface area (Å²) in [4.78, 5) is 26.4. The van der Waals surface area contributed by atoms with Gasteiger partial charge >= 0.3 is 12.1 Å². The van der Waals surface area contributed by atoms with Crippen LogP contribution in [-0.2, 0) is 20.7 Å². The van der Waals surface area contributed by atoms with Crippen molar-refractivity contribution < 1.29 is 33.3 Å². The van der Waals surface area contributed by atoms with Gasteiger partial charge in [-0.3, -0.25) is 4.79 Å². The van der Waals surface area contributed by atoms with Crippen LogP contribution in [0.4, 0.5) is 4.79 Å². The molecule has 3 rings (SSSR count). The molecule has 1 saturated carbocycles. The number of methoxy groups -OCH3 is 3. The van der Waals surface area contributed by atoms with Gasteiger partial charge in [-0.1, -0.05) is 6.42 Å². The summed E-state index contributed by atoms with van der Waals surface area (Å²) in [5, 5.41) is 0. The number of likely N-dealkylation sites (tertiary alicyclic amines) is 1. The fraction of sp³-hybridized carbons (Fsp3) is 0.667. The van der Waals surface area contributed by atoms with Gasteiger partial charge in [-0.25, -0.2) is 4.79 Å². The lowest BCUT2D eigenvalue weighted by atomic mass is 9.98. The van der Waals surface area contributed by atoms with Crippen LogP contribution in [0.3, 0.4) is 0 Å². The molecule has 0 N–H and O–H groups in total. The highest BCUT2D eigenvalue weighted by Gasteiger charge is 2.34. The van der Waals surface area contributed by atoms with Crippen LogP contribution in [0, 0.1) is 5.92 Å². The Kier molecular flexibility index (Phi) is 8.88. The third-order valence-electron chi connectivity index (χ3n) is 6.18. The number of amides is 1. The van der Waals surface area contributed by atoms with Crippen LogP contribution in [0.15, 0.2) is 12.1 Å². The smallest absolute Gasteiger partial charge is 0.410 e. The van der Waals surface area contributed by atoms with Crippen LogP contribution >= 0.6 is 0 Å². The normalized spacial score (nSPS) is 18.8. The molecule has 0 aromatic heterocycles. The largest absolute Gasteiger partial charge is 0.493 e. The zero-order valence-corrected chi connectivity index (χ0v) is 19.4. The molecule has 1 atom stereocenters. The van der Waals surface area contributed by atoms with Gasteiger partial charge in [-0.05, 0) is 62.6 Å². The lowest BCUT2D eigenvalue weighted by Gasteiger charge is -2.25. The number of nitrogens with zero attached hydrogens (tertiary/aromatic N) is 1. The van der Waals surface area contributed by atoms with Gasteiger partial charge in [0.1, 0.15) is 6.10 Å². The first-order valence-corrected chi connectivity index (χ1v) is 11.5. The lowest BCUT2D eigenvalue weighted by molar-refractivity contribution is -0.148. The summed E-state index contributed by atoms with van der Waals surface area (Å²) in [5.41, 5.74) is 1.01. The molecule has 1 aromatic rings. The molecule has 1 aliphatic carbocycles. The van der Waals surface area contributed by atoms with Gasteiger partial charge in [0.2, 0.25) is 5.75 Å². The number of esters is 1. The first-order chi connectivity index (χ1) is 15.5. The van der Waals surface area contributed by atoms with Crippen LogP contribution in [0.2, 0.25) is 0 Å². The van der Waals surface area contributed by atoms with Crippen molar-refractivity contribution in [3.05, 3.63) is 17.7 Å². The molecule has 1 amide bonds. The number of ether oxygens (including phenoxy) is 5. The Labute approximate surface area is 190 Å². The molecule has 2 aliphatic rings. The van der Waals surface area contributed by atoms with Crippen LogP contribution in [0.1, 0.15) is 50.5 Å². The Bertz CT molecular complexity index is 751. The van der Waals surface area contributed by atoms with Gasteiger partial charge in [-0.15, -0.1) is 0 Å². The van der Waals surface area contributed by atoms with Crippen molar-refractivity contribution in [1.29, 1.82) is 0 Å². The summed E-state index contributed by atoms with van der Waals surface area (Å²) in [5.74, 6) is 1.23. The second kappa shape index (κ2) is 11.8. The average molecular weight is 450 g/mol. The highest BCUT2D eigenvalue weighted by atomic mass is 16.6. The summed E-state index contributed by atoms with van der Waals surface area (Å²) in [6.45, 7) is 1.23. The van der Waals surface area contributed by atoms with E-state index in [0.717, 1.165) is 31.2 Å². The van der Waals surface area contributed by atoms with E-state index in [2.05, 4.69) is 0 Å². The highest BCUT2D eigenvalue weighted by molar-refractivity contribution is 5.75. The number of hydrogen-bond acceptors (Lipinski definition) is 7. The molecule has 2 fully saturated rings. The Morgan fingerprint density at radius 3 is 2.28 bits per heavy atom. The minimum Gasteiger partial charge on any atom is -0.493 e. The van der Waals surface area contributed by atoms with Crippen LogP contribution in [0.5, 0.6) is 17.2 Å². The quantitative estimate of drug-likeness (QED) is 0.416. The van der Waals surface area contributed by atoms with Gasteiger partial charge in [0.05, 0.1) is 33.9 Å². The predicted octanol–water partition coefficient (Wildman–Crippen LogP) is 3.98. The maximum Gasteiger partial charge on any atom is 0.410 e. The van der Waals surface area contributed by atoms with Gasteiger partial charge in [0.15, 0.2) is 11.5 Å². The minimum atomic E-state index is -0.297. The number of hydrogen-bond donors (Lipinski definition) is 0. The molecule has 0 spiro atoms. The molecule has 0 radical (unpaired) electrons. The number of benzene rings is 1. The van der Waals surface area contributed by atoms with E-state index in [4.69, 9.17) is 23.7 Å². The molecule has 32 heavy (non-hydrogen) atoms. The van der Waals surface area contributed by atoms with Crippen LogP contribution < -0.4 is 14.2 Å². The summed E-state index contributed by atoms with van der Waals surface area (Å²) in [6.07, 6.45) is 7.04. The monoisotopic (exact) mass is 449 g/mol.